The second-order valence-corrected chi connectivity index (χ2v) is 13.4. The molecule has 0 aliphatic carbocycles. The summed E-state index contributed by atoms with van der Waals surface area (Å²) in [5.74, 6) is 0. The van der Waals surface area contributed by atoms with Crippen LogP contribution in [0, 0.1) is 3.91 Å². The van der Waals surface area contributed by atoms with Gasteiger partial charge in [-0.3, -0.25) is 25.3 Å². The lowest BCUT2D eigenvalue weighted by Gasteiger charge is -2.31. The van der Waals surface area contributed by atoms with Gasteiger partial charge in [-0.15, -0.1) is 0 Å². The van der Waals surface area contributed by atoms with Gasteiger partial charge in [0, 0.05) is 12.8 Å². The minimum atomic E-state index is -8.02. The minimum Gasteiger partial charge on any atom is -0.326 e. The molecule has 0 spiro atoms. The van der Waals surface area contributed by atoms with Crippen LogP contribution in [0.2, 0.25) is 0 Å². The molecular weight excluding hydrogens is 533 g/mol. The van der Waals surface area contributed by atoms with E-state index in [1.165, 1.54) is 49.8 Å². The fourth-order valence-electron chi connectivity index (χ4n) is 2.58. The van der Waals surface area contributed by atoms with Crippen molar-refractivity contribution in [3.05, 3.63) is 3.91 Å². The maximum Gasteiger partial charge on any atom is 0.470 e. The summed E-state index contributed by atoms with van der Waals surface area (Å²) >= 11 is 0. The van der Waals surface area contributed by atoms with Crippen LogP contribution in [-0.2, 0) is 29.5 Å². The van der Waals surface area contributed by atoms with Gasteiger partial charge in [-0.05, 0) is 6.42 Å². The van der Waals surface area contributed by atoms with Gasteiger partial charge in [0.05, 0.1) is 30.6 Å². The first-order chi connectivity index (χ1) is 13.9. The number of likely N-dealkylation sites (tertiary alicyclic amines) is 1. The molecule has 0 radical (unpaired) electrons. The van der Waals surface area contributed by atoms with Crippen LogP contribution in [0.25, 0.3) is 0 Å². The summed E-state index contributed by atoms with van der Waals surface area (Å²) in [5, 5.41) is 0. The van der Waals surface area contributed by atoms with Crippen LogP contribution < -0.4 is 0 Å². The quantitative estimate of drug-likeness (QED) is 0.284. The van der Waals surface area contributed by atoms with E-state index in [9.17, 15) is 64.8 Å². The van der Waals surface area contributed by atoms with Crippen LogP contribution in [-0.4, -0.2) is 72.9 Å². The summed E-state index contributed by atoms with van der Waals surface area (Å²) in [6.45, 7) is 6.55. The van der Waals surface area contributed by atoms with Gasteiger partial charge in [-0.1, -0.05) is 13.3 Å². The molecule has 194 valence electrons. The number of unbranched alkanes of at least 4 members (excludes halogenated alkanes) is 1. The molecule has 0 atom stereocenters. The summed E-state index contributed by atoms with van der Waals surface area (Å²) in [6, 6.07) is 0. The third kappa shape index (κ3) is 6.85. The van der Waals surface area contributed by atoms with Crippen LogP contribution in [0.4, 0.5) is 39.5 Å². The zero-order valence-electron chi connectivity index (χ0n) is 16.5. The van der Waals surface area contributed by atoms with Crippen LogP contribution in [0.1, 0.15) is 32.6 Å². The van der Waals surface area contributed by atoms with E-state index in [1.807, 2.05) is 0 Å². The van der Waals surface area contributed by atoms with Gasteiger partial charge in [0.2, 0.25) is 0 Å². The zero-order chi connectivity index (χ0) is 26.0. The summed E-state index contributed by atoms with van der Waals surface area (Å²) in [7, 11) is -21.7. The summed E-state index contributed by atoms with van der Waals surface area (Å²) in [4.78, 5) is 0. The molecule has 0 amide bonds. The fourth-order valence-corrected chi connectivity index (χ4v) is 8.31. The molecule has 0 unspecified atom stereocenters. The number of hydrogen-bond donors (Lipinski definition) is 0. The Kier molecular flexibility index (Phi) is 9.56. The van der Waals surface area contributed by atoms with Gasteiger partial charge in [-0.25, -0.2) is 0 Å². The van der Waals surface area contributed by atoms with Crippen LogP contribution in [0.5, 0.6) is 0 Å². The number of halogens is 9. The van der Waals surface area contributed by atoms with Crippen LogP contribution in [0.15, 0.2) is 0 Å². The Balaban J connectivity index is 0.000000792. The highest BCUT2D eigenvalue weighted by Gasteiger charge is 2.63. The third-order valence-corrected chi connectivity index (χ3v) is 11.4. The van der Waals surface area contributed by atoms with E-state index >= 15 is 0 Å². The lowest BCUT2D eigenvalue weighted by molar-refractivity contribution is -0.897. The Bertz CT molecular complexity index is 840. The van der Waals surface area contributed by atoms with Crippen molar-refractivity contribution in [1.29, 1.82) is 0 Å². The Morgan fingerprint density at radius 2 is 0.969 bits per heavy atom. The van der Waals surface area contributed by atoms with Crippen molar-refractivity contribution >= 4 is 29.5 Å². The van der Waals surface area contributed by atoms with E-state index < -0.39 is 50.0 Å². The van der Waals surface area contributed by atoms with Crippen molar-refractivity contribution in [2.75, 3.05) is 26.7 Å². The summed E-state index contributed by atoms with van der Waals surface area (Å²) in [5.41, 5.74) is -21.2. The Hall–Kier alpha value is -0.820. The molecule has 1 aliphatic heterocycles. The first-order valence-electron chi connectivity index (χ1n) is 8.53. The Morgan fingerprint density at radius 1 is 0.688 bits per heavy atom. The van der Waals surface area contributed by atoms with Crippen molar-refractivity contribution in [3.8, 4) is 0 Å². The molecule has 0 aromatic heterocycles. The maximum absolute atomic E-state index is 12.0. The highest BCUT2D eigenvalue weighted by molar-refractivity contribution is 8.29. The van der Waals surface area contributed by atoms with Gasteiger partial charge in [-0.2, -0.15) is 39.5 Å². The predicted molar refractivity (Wildman–Crippen MR) is 93.1 cm³/mol. The van der Waals surface area contributed by atoms with Crippen molar-refractivity contribution in [3.63, 3.8) is 0 Å². The summed E-state index contributed by atoms with van der Waals surface area (Å²) < 4.78 is 169. The lowest BCUT2D eigenvalue weighted by atomic mass is 10.3. The van der Waals surface area contributed by atoms with Gasteiger partial charge in [0.1, 0.15) is 0 Å². The second-order valence-electron chi connectivity index (χ2n) is 6.95. The molecule has 0 aromatic carbocycles. The maximum atomic E-state index is 12.0. The molecular formula is C13H20F9NO6S3. The smallest absolute Gasteiger partial charge is 0.326 e. The number of nitrogens with zero attached hydrogens (tertiary/aromatic N) is 1. The number of quaternary nitrogens is 1. The minimum absolute atomic E-state index is 1.36. The standard InChI is InChI=1S/C9H20N.C4F9O6S3/c1-3-4-7-10(2)8-5-6-9-10;5-2(6,7)20(14,15)1(21(16,17)3(8,9)10)22(18,19)4(11,12)13/h3-9H2,1-2H3;/q+1;-1. The topological polar surface area (TPSA) is 102 Å². The first-order valence-corrected chi connectivity index (χ1v) is 13.0. The zero-order valence-corrected chi connectivity index (χ0v) is 18.9. The molecule has 1 rings (SSSR count). The van der Waals surface area contributed by atoms with E-state index in [2.05, 4.69) is 14.0 Å². The SMILES string of the molecule is CCCC[N+]1(C)CCCC1.O=S(=O)([C-](S(=O)(=O)C(F)(F)F)S(=O)(=O)C(F)(F)F)C(F)(F)F. The van der Waals surface area contributed by atoms with Crippen molar-refractivity contribution < 1.29 is 69.3 Å². The Labute approximate surface area is 178 Å². The van der Waals surface area contributed by atoms with Gasteiger partial charge in [0.25, 0.3) is 0 Å². The molecule has 0 aromatic rings. The highest BCUT2D eigenvalue weighted by Crippen LogP contribution is 2.47. The fraction of sp³-hybridized carbons (Fsp3) is 0.923. The number of rotatable bonds is 6. The predicted octanol–water partition coefficient (Wildman–Crippen LogP) is 3.26. The molecule has 1 aliphatic rings. The molecule has 0 N–H and O–H groups in total. The monoisotopic (exact) mass is 553 g/mol. The van der Waals surface area contributed by atoms with Crippen LogP contribution >= 0.6 is 0 Å². The van der Waals surface area contributed by atoms with Crippen LogP contribution in [0.3, 0.4) is 0 Å². The van der Waals surface area contributed by atoms with E-state index in [0.29, 0.717) is 0 Å². The molecule has 1 fully saturated rings. The molecule has 19 heteroatoms. The molecule has 1 heterocycles. The molecule has 0 saturated carbocycles. The van der Waals surface area contributed by atoms with Gasteiger partial charge >= 0.3 is 16.5 Å². The van der Waals surface area contributed by atoms with Crippen molar-refractivity contribution in [2.24, 2.45) is 0 Å². The number of sulfone groups is 3. The molecule has 32 heavy (non-hydrogen) atoms. The van der Waals surface area contributed by atoms with E-state index in [4.69, 9.17) is 0 Å². The van der Waals surface area contributed by atoms with Crippen molar-refractivity contribution in [1.82, 2.24) is 0 Å². The molecule has 0 bridgehead atoms. The highest BCUT2D eigenvalue weighted by atomic mass is 32.3. The number of alkyl halides is 9. The first kappa shape index (κ1) is 31.2. The number of hydrogen-bond acceptors (Lipinski definition) is 6. The van der Waals surface area contributed by atoms with Crippen molar-refractivity contribution in [2.45, 2.75) is 49.1 Å². The normalized spacial score (nSPS) is 18.4. The molecule has 1 saturated heterocycles. The average Bonchev–Trinajstić information content (AvgIpc) is 2.96. The third-order valence-electron chi connectivity index (χ3n) is 4.27. The Morgan fingerprint density at radius 3 is 1.19 bits per heavy atom. The lowest BCUT2D eigenvalue weighted by Crippen LogP contribution is -2.47. The second kappa shape index (κ2) is 9.81. The average molecular weight is 553 g/mol. The van der Waals surface area contributed by atoms with E-state index in [1.54, 1.807) is 0 Å². The van der Waals surface area contributed by atoms with Gasteiger partial charge < -0.3 is 4.48 Å². The van der Waals surface area contributed by atoms with Gasteiger partial charge in [0.15, 0.2) is 29.5 Å². The molecule has 7 nitrogen and oxygen atoms in total. The summed E-state index contributed by atoms with van der Waals surface area (Å²) in [6.07, 6.45) is 5.69. The van der Waals surface area contributed by atoms with E-state index in [-0.39, 0.29) is 0 Å². The van der Waals surface area contributed by atoms with E-state index in [0.717, 1.165) is 0 Å². The largest absolute Gasteiger partial charge is 0.470 e.